The van der Waals surface area contributed by atoms with Crippen molar-refractivity contribution in [2.24, 2.45) is 0 Å². The van der Waals surface area contributed by atoms with E-state index in [1.54, 1.807) is 24.3 Å². The van der Waals surface area contributed by atoms with Gasteiger partial charge in [0.05, 0.1) is 5.39 Å². The molecule has 0 aliphatic rings. The van der Waals surface area contributed by atoms with Crippen LogP contribution in [-0.2, 0) is 11.3 Å². The Balaban J connectivity index is 1.88. The number of carbonyl (C=O) groups excluding carboxylic acids is 2. The van der Waals surface area contributed by atoms with Crippen molar-refractivity contribution >= 4 is 22.5 Å². The fourth-order valence-electron chi connectivity index (χ4n) is 3.38. The molecule has 3 aromatic rings. The lowest BCUT2D eigenvalue weighted by molar-refractivity contribution is 0.0468. The molecule has 0 saturated heterocycles. The van der Waals surface area contributed by atoms with E-state index in [9.17, 15) is 14.4 Å². The minimum absolute atomic E-state index is 0.0471. The maximum Gasteiger partial charge on any atom is 0.359 e. The molecule has 2 aromatic carbocycles. The van der Waals surface area contributed by atoms with Crippen LogP contribution in [0.4, 0.5) is 0 Å². The summed E-state index contributed by atoms with van der Waals surface area (Å²) in [5, 5.41) is 5.09. The quantitative estimate of drug-likeness (QED) is 0.435. The molecule has 0 N–H and O–H groups in total. The van der Waals surface area contributed by atoms with Crippen LogP contribution in [0.1, 0.15) is 57.3 Å². The highest BCUT2D eigenvalue weighted by Gasteiger charge is 2.20. The number of aryl methyl sites for hydroxylation is 4. The maximum atomic E-state index is 12.8. The molecule has 6 heteroatoms. The van der Waals surface area contributed by atoms with Gasteiger partial charge in [0.25, 0.3) is 5.56 Å². The maximum absolute atomic E-state index is 12.8. The fourth-order valence-corrected chi connectivity index (χ4v) is 3.38. The highest BCUT2D eigenvalue weighted by molar-refractivity contribution is 6.04. The van der Waals surface area contributed by atoms with E-state index in [0.717, 1.165) is 29.5 Å². The number of carbonyl (C=O) groups is 2. The Morgan fingerprint density at radius 2 is 1.67 bits per heavy atom. The first kappa shape index (κ1) is 21.4. The number of ether oxygens (including phenoxy) is 1. The second-order valence-electron chi connectivity index (χ2n) is 7.53. The number of Topliss-reactive ketones (excluding diaryl/α,β-unsaturated/α-hetero) is 1. The van der Waals surface area contributed by atoms with Crippen LogP contribution in [0, 0.1) is 20.8 Å². The average molecular weight is 406 g/mol. The lowest BCUT2D eigenvalue weighted by Crippen LogP contribution is -2.27. The summed E-state index contributed by atoms with van der Waals surface area (Å²) in [7, 11) is 0. The fraction of sp³-hybridized carbons (Fsp3) is 0.333. The summed E-state index contributed by atoms with van der Waals surface area (Å²) in [5.41, 5.74) is 3.30. The molecule has 0 atom stereocenters. The van der Waals surface area contributed by atoms with Gasteiger partial charge in [-0.3, -0.25) is 9.59 Å². The van der Waals surface area contributed by atoms with E-state index < -0.39 is 5.97 Å². The highest BCUT2D eigenvalue weighted by Crippen LogP contribution is 2.17. The van der Waals surface area contributed by atoms with Crippen LogP contribution < -0.4 is 5.56 Å². The zero-order chi connectivity index (χ0) is 21.8. The van der Waals surface area contributed by atoms with Gasteiger partial charge in [-0.1, -0.05) is 37.6 Å². The minimum Gasteiger partial charge on any atom is -0.452 e. The summed E-state index contributed by atoms with van der Waals surface area (Å²) in [6.45, 7) is 7.84. The molecule has 6 nitrogen and oxygen atoms in total. The van der Waals surface area contributed by atoms with Gasteiger partial charge in [0, 0.05) is 17.5 Å². The summed E-state index contributed by atoms with van der Waals surface area (Å²) in [4.78, 5) is 38.1. The van der Waals surface area contributed by atoms with Crippen molar-refractivity contribution < 1.29 is 14.3 Å². The van der Waals surface area contributed by atoms with E-state index in [4.69, 9.17) is 4.74 Å². The van der Waals surface area contributed by atoms with E-state index in [1.807, 2.05) is 39.8 Å². The van der Waals surface area contributed by atoms with Crippen molar-refractivity contribution in [3.8, 4) is 0 Å². The Kier molecular flexibility index (Phi) is 6.45. The molecule has 0 amide bonds. The van der Waals surface area contributed by atoms with Crippen LogP contribution in [0.3, 0.4) is 0 Å². The molecular weight excluding hydrogens is 380 g/mol. The predicted octanol–water partition coefficient (Wildman–Crippen LogP) is 4.16. The van der Waals surface area contributed by atoms with Gasteiger partial charge >= 0.3 is 5.97 Å². The monoisotopic (exact) mass is 406 g/mol. The van der Waals surface area contributed by atoms with Crippen LogP contribution >= 0.6 is 0 Å². The van der Waals surface area contributed by atoms with Crippen molar-refractivity contribution in [1.29, 1.82) is 0 Å². The van der Waals surface area contributed by atoms with Crippen molar-refractivity contribution in [3.05, 3.63) is 74.7 Å². The van der Waals surface area contributed by atoms with E-state index in [1.165, 1.54) is 4.68 Å². The van der Waals surface area contributed by atoms with Gasteiger partial charge < -0.3 is 4.74 Å². The number of hydrogen-bond acceptors (Lipinski definition) is 5. The van der Waals surface area contributed by atoms with Gasteiger partial charge in [0.1, 0.15) is 0 Å². The molecule has 3 rings (SSSR count). The largest absolute Gasteiger partial charge is 0.452 e. The third-order valence-electron chi connectivity index (χ3n) is 5.26. The standard InChI is InChI=1S/C24H26N2O4/c1-5-6-11-26-23(28)19-10-8-7-9-18(19)22(25-26)24(29)30-14-21(27)20-13-16(3)15(2)12-17(20)4/h7-10,12-13H,5-6,11,14H2,1-4H3. The Labute approximate surface area is 175 Å². The number of fused-ring (bicyclic) bond motifs is 1. The van der Waals surface area contributed by atoms with E-state index in [2.05, 4.69) is 5.10 Å². The smallest absolute Gasteiger partial charge is 0.359 e. The summed E-state index contributed by atoms with van der Waals surface area (Å²) >= 11 is 0. The molecule has 0 spiro atoms. The second-order valence-corrected chi connectivity index (χ2v) is 7.53. The van der Waals surface area contributed by atoms with Gasteiger partial charge in [0.2, 0.25) is 5.78 Å². The summed E-state index contributed by atoms with van der Waals surface area (Å²) in [5.74, 6) is -0.987. The Hall–Kier alpha value is -3.28. The number of rotatable bonds is 7. The van der Waals surface area contributed by atoms with Gasteiger partial charge in [-0.15, -0.1) is 0 Å². The average Bonchev–Trinajstić information content (AvgIpc) is 2.74. The minimum atomic E-state index is -0.716. The lowest BCUT2D eigenvalue weighted by Gasteiger charge is -2.12. The molecule has 0 aliphatic carbocycles. The van der Waals surface area contributed by atoms with Crippen molar-refractivity contribution in [1.82, 2.24) is 9.78 Å². The molecule has 0 bridgehead atoms. The Bertz CT molecular complexity index is 1180. The molecule has 30 heavy (non-hydrogen) atoms. The molecule has 0 fully saturated rings. The first-order chi connectivity index (χ1) is 14.3. The molecule has 1 heterocycles. The second kappa shape index (κ2) is 9.03. The van der Waals surface area contributed by atoms with Gasteiger partial charge in [-0.25, -0.2) is 9.48 Å². The van der Waals surface area contributed by atoms with Crippen LogP contribution in [0.15, 0.2) is 41.2 Å². The lowest BCUT2D eigenvalue weighted by atomic mass is 9.98. The van der Waals surface area contributed by atoms with Crippen molar-refractivity contribution in [2.45, 2.75) is 47.1 Å². The third-order valence-corrected chi connectivity index (χ3v) is 5.26. The van der Waals surface area contributed by atoms with Crippen molar-refractivity contribution in [3.63, 3.8) is 0 Å². The SMILES string of the molecule is CCCCn1nc(C(=O)OCC(=O)c2cc(C)c(C)cc2C)c2ccccc2c1=O. The van der Waals surface area contributed by atoms with Crippen molar-refractivity contribution in [2.75, 3.05) is 6.61 Å². The number of ketones is 1. The zero-order valence-corrected chi connectivity index (χ0v) is 17.8. The Morgan fingerprint density at radius 3 is 2.37 bits per heavy atom. The molecule has 0 radical (unpaired) electrons. The van der Waals surface area contributed by atoms with Gasteiger partial charge in [-0.2, -0.15) is 5.10 Å². The zero-order valence-electron chi connectivity index (χ0n) is 17.8. The van der Waals surface area contributed by atoms with E-state index >= 15 is 0 Å². The van der Waals surface area contributed by atoms with Crippen LogP contribution in [-0.4, -0.2) is 28.1 Å². The summed E-state index contributed by atoms with van der Waals surface area (Å²) in [6.07, 6.45) is 1.66. The summed E-state index contributed by atoms with van der Waals surface area (Å²) in [6, 6.07) is 10.6. The first-order valence-electron chi connectivity index (χ1n) is 10.1. The van der Waals surface area contributed by atoms with Crippen LogP contribution in [0.25, 0.3) is 10.8 Å². The highest BCUT2D eigenvalue weighted by atomic mass is 16.5. The van der Waals surface area contributed by atoms with Gasteiger partial charge in [-0.05, 0) is 56.0 Å². The number of benzene rings is 2. The molecule has 1 aromatic heterocycles. The third kappa shape index (κ3) is 4.32. The molecular formula is C24H26N2O4. The van der Waals surface area contributed by atoms with E-state index in [-0.39, 0.29) is 23.6 Å². The number of hydrogen-bond donors (Lipinski definition) is 0. The first-order valence-corrected chi connectivity index (χ1v) is 10.1. The number of nitrogens with zero attached hydrogens (tertiary/aromatic N) is 2. The normalized spacial score (nSPS) is 10.9. The van der Waals surface area contributed by atoms with Crippen LogP contribution in [0.2, 0.25) is 0 Å². The molecule has 0 aliphatic heterocycles. The predicted molar refractivity (Wildman–Crippen MR) is 116 cm³/mol. The molecule has 0 saturated carbocycles. The summed E-state index contributed by atoms with van der Waals surface area (Å²) < 4.78 is 6.61. The molecule has 0 unspecified atom stereocenters. The number of aromatic nitrogens is 2. The van der Waals surface area contributed by atoms with Crippen LogP contribution in [0.5, 0.6) is 0 Å². The topological polar surface area (TPSA) is 78.3 Å². The van der Waals surface area contributed by atoms with Gasteiger partial charge in [0.15, 0.2) is 12.3 Å². The Morgan fingerprint density at radius 1 is 1.00 bits per heavy atom. The number of esters is 1. The molecule has 156 valence electrons. The van der Waals surface area contributed by atoms with E-state index in [0.29, 0.717) is 22.9 Å². The number of unbranched alkanes of at least 4 members (excludes halogenated alkanes) is 1.